The van der Waals surface area contributed by atoms with Crippen LogP contribution in [0.1, 0.15) is 82.7 Å². The number of unbranched alkanes of at least 4 members (excludes halogenated alkanes) is 8. The lowest BCUT2D eigenvalue weighted by atomic mass is 10.1. The van der Waals surface area contributed by atoms with Gasteiger partial charge in [-0.15, -0.1) is 0 Å². The fourth-order valence-corrected chi connectivity index (χ4v) is 2.89. The summed E-state index contributed by atoms with van der Waals surface area (Å²) in [6, 6.07) is 10.1. The first kappa shape index (κ1) is 21.0. The largest absolute Gasteiger partial charge is 0.350 e. The predicted molar refractivity (Wildman–Crippen MR) is 103 cm³/mol. The van der Waals surface area contributed by atoms with Gasteiger partial charge in [0, 0.05) is 17.9 Å². The van der Waals surface area contributed by atoms with Crippen LogP contribution in [0, 0.1) is 0 Å². The predicted octanol–water partition coefficient (Wildman–Crippen LogP) is 6.08. The lowest BCUT2D eigenvalue weighted by Crippen LogP contribution is -2.26. The van der Waals surface area contributed by atoms with E-state index in [-0.39, 0.29) is 11.9 Å². The quantitative estimate of drug-likeness (QED) is 0.189. The number of rotatable bonds is 14. The number of benzene rings is 1. The van der Waals surface area contributed by atoms with Gasteiger partial charge in [-0.05, 0) is 30.9 Å². The molecule has 0 fully saturated rings. The minimum Gasteiger partial charge on any atom is -0.350 e. The van der Waals surface area contributed by atoms with Crippen molar-refractivity contribution in [3.05, 3.63) is 46.3 Å². The highest BCUT2D eigenvalue weighted by Gasteiger charge is 2.08. The molecule has 0 bridgehead atoms. The van der Waals surface area contributed by atoms with E-state index in [2.05, 4.69) is 15.3 Å². The molecule has 0 aliphatic carbocycles. The number of carbonyl (C=O) groups excluding carboxylic acids is 1. The number of azide groups is 1. The van der Waals surface area contributed by atoms with Crippen molar-refractivity contribution in [3.8, 4) is 0 Å². The van der Waals surface area contributed by atoms with Gasteiger partial charge >= 0.3 is 0 Å². The molecule has 138 valence electrons. The Balaban J connectivity index is 1.92. The van der Waals surface area contributed by atoms with Crippen LogP contribution in [0.5, 0.6) is 0 Å². The van der Waals surface area contributed by atoms with Crippen molar-refractivity contribution in [2.45, 2.75) is 77.2 Å². The molecule has 1 rings (SSSR count). The summed E-state index contributed by atoms with van der Waals surface area (Å²) in [5, 5.41) is 6.60. The average Bonchev–Trinajstić information content (AvgIpc) is 2.63. The molecule has 1 unspecified atom stereocenters. The van der Waals surface area contributed by atoms with Crippen LogP contribution >= 0.6 is 0 Å². The third-order valence-corrected chi connectivity index (χ3v) is 4.40. The lowest BCUT2D eigenvalue weighted by Gasteiger charge is -2.14. The van der Waals surface area contributed by atoms with Gasteiger partial charge in [-0.1, -0.05) is 80.4 Å². The van der Waals surface area contributed by atoms with Gasteiger partial charge in [0.05, 0.1) is 6.04 Å². The molecule has 5 nitrogen and oxygen atoms in total. The van der Waals surface area contributed by atoms with Crippen molar-refractivity contribution >= 4 is 5.91 Å². The van der Waals surface area contributed by atoms with Crippen molar-refractivity contribution in [1.29, 1.82) is 0 Å². The van der Waals surface area contributed by atoms with Crippen LogP contribution in [0.15, 0.2) is 35.4 Å². The summed E-state index contributed by atoms with van der Waals surface area (Å²) in [7, 11) is 0. The molecule has 0 saturated heterocycles. The molecule has 1 aromatic carbocycles. The van der Waals surface area contributed by atoms with Crippen LogP contribution in [0.2, 0.25) is 0 Å². The van der Waals surface area contributed by atoms with Crippen molar-refractivity contribution in [2.75, 3.05) is 6.54 Å². The maximum absolute atomic E-state index is 12.0. The van der Waals surface area contributed by atoms with E-state index in [4.69, 9.17) is 5.53 Å². The number of hydrogen-bond donors (Lipinski definition) is 1. The monoisotopic (exact) mass is 344 g/mol. The Morgan fingerprint density at radius 2 is 1.56 bits per heavy atom. The zero-order valence-corrected chi connectivity index (χ0v) is 15.5. The summed E-state index contributed by atoms with van der Waals surface area (Å²) in [5.41, 5.74) is 9.32. The lowest BCUT2D eigenvalue weighted by molar-refractivity contribution is -0.121. The molecule has 1 atom stereocenters. The minimum atomic E-state index is 0.0764. The third kappa shape index (κ3) is 11.2. The third-order valence-electron chi connectivity index (χ3n) is 4.40. The van der Waals surface area contributed by atoms with Crippen molar-refractivity contribution < 1.29 is 4.79 Å². The SMILES string of the molecule is CC(NC(=O)CCCCCCCCCCCN=[N+]=[N-])c1ccccc1. The number of nitrogens with one attached hydrogen (secondary N) is 1. The molecule has 0 spiro atoms. The van der Waals surface area contributed by atoms with Crippen molar-refractivity contribution in [2.24, 2.45) is 5.11 Å². The second kappa shape index (κ2) is 14.4. The van der Waals surface area contributed by atoms with E-state index in [1.807, 2.05) is 37.3 Å². The van der Waals surface area contributed by atoms with Crippen LogP contribution in [0.3, 0.4) is 0 Å². The topological polar surface area (TPSA) is 77.9 Å². The molecular formula is C20H32N4O. The normalized spacial score (nSPS) is 11.6. The Hall–Kier alpha value is -2.00. The highest BCUT2D eigenvalue weighted by molar-refractivity contribution is 5.76. The molecular weight excluding hydrogens is 312 g/mol. The van der Waals surface area contributed by atoms with E-state index >= 15 is 0 Å². The van der Waals surface area contributed by atoms with Crippen LogP contribution in [0.4, 0.5) is 0 Å². The molecule has 0 heterocycles. The van der Waals surface area contributed by atoms with E-state index in [1.165, 1.54) is 32.1 Å². The first-order valence-electron chi connectivity index (χ1n) is 9.59. The molecule has 1 aromatic rings. The summed E-state index contributed by atoms with van der Waals surface area (Å²) in [6.07, 6.45) is 11.1. The van der Waals surface area contributed by atoms with Gasteiger partial charge in [-0.3, -0.25) is 4.79 Å². The van der Waals surface area contributed by atoms with Crippen LogP contribution < -0.4 is 5.32 Å². The molecule has 0 aliphatic heterocycles. The van der Waals surface area contributed by atoms with Gasteiger partial charge in [-0.2, -0.15) is 0 Å². The average molecular weight is 345 g/mol. The Kier molecular flexibility index (Phi) is 12.1. The first-order valence-corrected chi connectivity index (χ1v) is 9.59. The van der Waals surface area contributed by atoms with Gasteiger partial charge in [0.2, 0.25) is 5.91 Å². The second-order valence-corrected chi connectivity index (χ2v) is 6.59. The molecule has 0 radical (unpaired) electrons. The van der Waals surface area contributed by atoms with E-state index in [0.717, 1.165) is 31.2 Å². The second-order valence-electron chi connectivity index (χ2n) is 6.59. The molecule has 0 saturated carbocycles. The highest BCUT2D eigenvalue weighted by atomic mass is 16.1. The molecule has 0 aliphatic rings. The van der Waals surface area contributed by atoms with Crippen molar-refractivity contribution in [1.82, 2.24) is 5.32 Å². The van der Waals surface area contributed by atoms with Gasteiger partial charge in [-0.25, -0.2) is 0 Å². The van der Waals surface area contributed by atoms with E-state index in [0.29, 0.717) is 13.0 Å². The standard InChI is InChI=1S/C20H32N4O/c1-18(19-14-10-9-11-15-19)23-20(25)16-12-7-5-3-2-4-6-8-13-17-22-24-21/h9-11,14-15,18H,2-8,12-13,16-17H2,1H3,(H,23,25). The number of amides is 1. The molecule has 25 heavy (non-hydrogen) atoms. The molecule has 5 heteroatoms. The summed E-state index contributed by atoms with van der Waals surface area (Å²) >= 11 is 0. The number of carbonyl (C=O) groups is 1. The maximum atomic E-state index is 12.0. The summed E-state index contributed by atoms with van der Waals surface area (Å²) in [4.78, 5) is 14.7. The van der Waals surface area contributed by atoms with Gasteiger partial charge in [0.25, 0.3) is 0 Å². The van der Waals surface area contributed by atoms with E-state index in [9.17, 15) is 4.79 Å². The number of hydrogen-bond acceptors (Lipinski definition) is 2. The summed E-state index contributed by atoms with van der Waals surface area (Å²) in [6.45, 7) is 2.65. The maximum Gasteiger partial charge on any atom is 0.220 e. The minimum absolute atomic E-state index is 0.0764. The molecule has 0 aromatic heterocycles. The Labute approximate surface area is 151 Å². The van der Waals surface area contributed by atoms with Gasteiger partial charge in [0.1, 0.15) is 0 Å². The van der Waals surface area contributed by atoms with Crippen LogP contribution in [-0.4, -0.2) is 12.5 Å². The summed E-state index contributed by atoms with van der Waals surface area (Å²) in [5.74, 6) is 0.149. The van der Waals surface area contributed by atoms with Crippen LogP contribution in [-0.2, 0) is 4.79 Å². The Bertz CT molecular complexity index is 512. The summed E-state index contributed by atoms with van der Waals surface area (Å²) < 4.78 is 0. The Morgan fingerprint density at radius 1 is 1.00 bits per heavy atom. The van der Waals surface area contributed by atoms with E-state index < -0.39 is 0 Å². The fourth-order valence-electron chi connectivity index (χ4n) is 2.89. The molecule has 1 N–H and O–H groups in total. The van der Waals surface area contributed by atoms with Crippen LogP contribution in [0.25, 0.3) is 10.4 Å². The zero-order chi connectivity index (χ0) is 18.2. The first-order chi connectivity index (χ1) is 12.2. The van der Waals surface area contributed by atoms with Crippen molar-refractivity contribution in [3.63, 3.8) is 0 Å². The molecule has 1 amide bonds. The number of nitrogens with zero attached hydrogens (tertiary/aromatic N) is 3. The zero-order valence-electron chi connectivity index (χ0n) is 15.5. The van der Waals surface area contributed by atoms with E-state index in [1.54, 1.807) is 0 Å². The Morgan fingerprint density at radius 3 is 2.16 bits per heavy atom. The smallest absolute Gasteiger partial charge is 0.220 e. The highest BCUT2D eigenvalue weighted by Crippen LogP contribution is 2.13. The fraction of sp³-hybridized carbons (Fsp3) is 0.650. The van der Waals surface area contributed by atoms with Gasteiger partial charge in [0.15, 0.2) is 0 Å². The van der Waals surface area contributed by atoms with Gasteiger partial charge < -0.3 is 5.32 Å².